The van der Waals surface area contributed by atoms with Gasteiger partial charge in [-0.3, -0.25) is 0 Å². The predicted octanol–water partition coefficient (Wildman–Crippen LogP) is 2.01. The second kappa shape index (κ2) is 2.44. The fourth-order valence-electron chi connectivity index (χ4n) is 4.96. The van der Waals surface area contributed by atoms with E-state index in [4.69, 9.17) is 0 Å². The van der Waals surface area contributed by atoms with Crippen LogP contribution >= 0.6 is 0 Å². The van der Waals surface area contributed by atoms with Crippen molar-refractivity contribution in [1.82, 2.24) is 4.90 Å². The van der Waals surface area contributed by atoms with E-state index in [9.17, 15) is 0 Å². The van der Waals surface area contributed by atoms with Gasteiger partial charge in [0.2, 0.25) is 0 Å². The molecule has 1 saturated heterocycles. The maximum absolute atomic E-state index is 2.57. The zero-order valence-corrected chi connectivity index (χ0v) is 8.89. The highest BCUT2D eigenvalue weighted by Crippen LogP contribution is 2.60. The Morgan fingerprint density at radius 3 is 1.79 bits per heavy atom. The van der Waals surface area contributed by atoms with Crippen LogP contribution in [0.1, 0.15) is 12.8 Å². The fraction of sp³-hybridized carbons (Fsp3) is 0.846. The molecule has 1 aliphatic heterocycles. The van der Waals surface area contributed by atoms with E-state index < -0.39 is 0 Å². The highest BCUT2D eigenvalue weighted by atomic mass is 15.1. The lowest BCUT2D eigenvalue weighted by atomic mass is 9.48. The summed E-state index contributed by atoms with van der Waals surface area (Å²) in [5.74, 6) is 6.24. The minimum absolute atomic E-state index is 1.00. The van der Waals surface area contributed by atoms with E-state index in [1.54, 1.807) is 0 Å². The van der Waals surface area contributed by atoms with Crippen molar-refractivity contribution >= 4 is 0 Å². The van der Waals surface area contributed by atoms with E-state index in [1.165, 1.54) is 25.9 Å². The van der Waals surface area contributed by atoms with Gasteiger partial charge in [-0.25, -0.2) is 0 Å². The van der Waals surface area contributed by atoms with E-state index in [2.05, 4.69) is 24.1 Å². The molecule has 0 aromatic heterocycles. The van der Waals surface area contributed by atoms with Gasteiger partial charge < -0.3 is 4.90 Å². The second-order valence-electron chi connectivity index (χ2n) is 5.99. The van der Waals surface area contributed by atoms with Crippen molar-refractivity contribution in [2.75, 3.05) is 20.1 Å². The van der Waals surface area contributed by atoms with Gasteiger partial charge in [0.15, 0.2) is 0 Å². The Hall–Kier alpha value is -0.300. The van der Waals surface area contributed by atoms with Gasteiger partial charge in [-0.05, 0) is 55.4 Å². The Morgan fingerprint density at radius 2 is 1.36 bits per heavy atom. The van der Waals surface area contributed by atoms with Gasteiger partial charge in [0.05, 0.1) is 0 Å². The maximum Gasteiger partial charge on any atom is 0.00128 e. The summed E-state index contributed by atoms with van der Waals surface area (Å²) in [7, 11) is 2.31. The Labute approximate surface area is 86.2 Å². The van der Waals surface area contributed by atoms with E-state index in [1.807, 2.05) is 0 Å². The van der Waals surface area contributed by atoms with Crippen LogP contribution in [0.25, 0.3) is 0 Å². The van der Waals surface area contributed by atoms with E-state index >= 15 is 0 Å². The first-order valence-electron chi connectivity index (χ1n) is 6.21. The summed E-state index contributed by atoms with van der Waals surface area (Å²) in [4.78, 5) is 2.57. The van der Waals surface area contributed by atoms with Crippen LogP contribution in [0.2, 0.25) is 0 Å². The third kappa shape index (κ3) is 0.770. The van der Waals surface area contributed by atoms with Gasteiger partial charge in [-0.2, -0.15) is 0 Å². The minimum Gasteiger partial charge on any atom is -0.306 e. The van der Waals surface area contributed by atoms with Gasteiger partial charge in [0.25, 0.3) is 0 Å². The summed E-state index contributed by atoms with van der Waals surface area (Å²) < 4.78 is 0. The molecule has 6 atom stereocenters. The summed E-state index contributed by atoms with van der Waals surface area (Å²) in [6, 6.07) is 0. The zero-order chi connectivity index (χ0) is 9.28. The van der Waals surface area contributed by atoms with Gasteiger partial charge in [-0.15, -0.1) is 0 Å². The number of likely N-dealkylation sites (tertiary alicyclic amines) is 1. The molecule has 0 spiro atoms. The van der Waals surface area contributed by atoms with Crippen LogP contribution < -0.4 is 0 Å². The Balaban J connectivity index is 1.74. The van der Waals surface area contributed by atoms with Crippen LogP contribution in [0, 0.1) is 35.5 Å². The molecule has 0 amide bonds. The monoisotopic (exact) mass is 189 g/mol. The van der Waals surface area contributed by atoms with Gasteiger partial charge >= 0.3 is 0 Å². The number of nitrogens with zero attached hydrogens (tertiary/aromatic N) is 1. The van der Waals surface area contributed by atoms with E-state index in [0.29, 0.717) is 0 Å². The number of allylic oxidation sites excluding steroid dienone is 2. The number of hydrogen-bond acceptors (Lipinski definition) is 1. The first-order valence-corrected chi connectivity index (χ1v) is 6.21. The molecule has 14 heavy (non-hydrogen) atoms. The molecular formula is C13H19N. The third-order valence-electron chi connectivity index (χ3n) is 5.52. The molecule has 1 heterocycles. The molecule has 5 rings (SSSR count). The van der Waals surface area contributed by atoms with Crippen LogP contribution in [0.5, 0.6) is 0 Å². The normalized spacial score (nSPS) is 59.5. The highest BCUT2D eigenvalue weighted by Gasteiger charge is 2.56. The summed E-state index contributed by atoms with van der Waals surface area (Å²) in [5, 5.41) is 0. The Bertz CT molecular complexity index is 268. The van der Waals surface area contributed by atoms with Crippen LogP contribution in [0.3, 0.4) is 0 Å². The first-order chi connectivity index (χ1) is 6.84. The molecule has 4 fully saturated rings. The summed E-state index contributed by atoms with van der Waals surface area (Å²) in [5.41, 5.74) is 0. The van der Waals surface area contributed by atoms with E-state index in [0.717, 1.165) is 35.5 Å². The average Bonchev–Trinajstić information content (AvgIpc) is 2.47. The number of rotatable bonds is 0. The van der Waals surface area contributed by atoms with Crippen molar-refractivity contribution in [3.63, 3.8) is 0 Å². The highest BCUT2D eigenvalue weighted by molar-refractivity contribution is 5.21. The lowest BCUT2D eigenvalue weighted by Gasteiger charge is -2.56. The maximum atomic E-state index is 2.57. The molecule has 6 unspecified atom stereocenters. The molecule has 0 aromatic rings. The first kappa shape index (κ1) is 7.92. The summed E-state index contributed by atoms with van der Waals surface area (Å²) in [6.07, 6.45) is 8.09. The van der Waals surface area contributed by atoms with Crippen LogP contribution in [0.4, 0.5) is 0 Å². The Kier molecular flexibility index (Phi) is 1.38. The topological polar surface area (TPSA) is 3.24 Å². The molecule has 1 heteroatoms. The van der Waals surface area contributed by atoms with Gasteiger partial charge in [0, 0.05) is 13.1 Å². The van der Waals surface area contributed by atoms with Crippen molar-refractivity contribution in [2.45, 2.75) is 12.8 Å². The molecule has 0 N–H and O–H groups in total. The molecule has 0 aromatic carbocycles. The molecule has 76 valence electrons. The zero-order valence-electron chi connectivity index (χ0n) is 8.89. The van der Waals surface area contributed by atoms with Crippen LogP contribution in [-0.2, 0) is 0 Å². The van der Waals surface area contributed by atoms with Crippen molar-refractivity contribution < 1.29 is 0 Å². The molecule has 2 bridgehead atoms. The third-order valence-corrected chi connectivity index (χ3v) is 5.52. The molecule has 0 radical (unpaired) electrons. The van der Waals surface area contributed by atoms with Crippen molar-refractivity contribution in [2.24, 2.45) is 35.5 Å². The average molecular weight is 189 g/mol. The lowest BCUT2D eigenvalue weighted by molar-refractivity contribution is -0.0272. The second-order valence-corrected chi connectivity index (χ2v) is 5.99. The largest absolute Gasteiger partial charge is 0.306 e. The summed E-state index contributed by atoms with van der Waals surface area (Å²) in [6.45, 7) is 2.78. The molecular weight excluding hydrogens is 170 g/mol. The quantitative estimate of drug-likeness (QED) is 0.527. The van der Waals surface area contributed by atoms with Crippen molar-refractivity contribution in [3.8, 4) is 0 Å². The van der Waals surface area contributed by atoms with Crippen LogP contribution in [0.15, 0.2) is 12.2 Å². The summed E-state index contributed by atoms with van der Waals surface area (Å²) >= 11 is 0. The molecule has 1 nitrogen and oxygen atoms in total. The SMILES string of the molecule is CN1CC2C3CCC(C4C=CC43)C2C1. The van der Waals surface area contributed by atoms with Crippen molar-refractivity contribution in [1.29, 1.82) is 0 Å². The fourth-order valence-corrected chi connectivity index (χ4v) is 4.96. The predicted molar refractivity (Wildman–Crippen MR) is 56.8 cm³/mol. The molecule has 5 aliphatic rings. The van der Waals surface area contributed by atoms with Crippen LogP contribution in [-0.4, -0.2) is 25.0 Å². The van der Waals surface area contributed by atoms with Gasteiger partial charge in [0.1, 0.15) is 0 Å². The standard InChI is InChI=1S/C13H19N/c1-14-6-12-10-4-5-11(13(12)7-14)9-3-2-8(9)10/h2-3,8-13H,4-7H2,1H3. The van der Waals surface area contributed by atoms with Gasteiger partial charge in [-0.1, -0.05) is 12.2 Å². The lowest BCUT2D eigenvalue weighted by Crippen LogP contribution is -2.52. The molecule has 4 aliphatic carbocycles. The minimum atomic E-state index is 1.00. The number of hydrogen-bond donors (Lipinski definition) is 0. The molecule has 3 saturated carbocycles. The van der Waals surface area contributed by atoms with E-state index in [-0.39, 0.29) is 0 Å². The van der Waals surface area contributed by atoms with Crippen molar-refractivity contribution in [3.05, 3.63) is 12.2 Å². The number of fused-ring (bicyclic) bond motifs is 1. The Morgan fingerprint density at radius 1 is 0.857 bits per heavy atom. The smallest absolute Gasteiger partial charge is 0.00128 e.